The van der Waals surface area contributed by atoms with E-state index in [1.165, 1.54) is 12.1 Å². The Bertz CT molecular complexity index is 1390. The predicted octanol–water partition coefficient (Wildman–Crippen LogP) is 6.80. The molecule has 0 aliphatic rings. The Morgan fingerprint density at radius 2 is 1.38 bits per heavy atom. The third-order valence-electron chi connectivity index (χ3n) is 4.97. The molecule has 32 heavy (non-hydrogen) atoms. The number of halogens is 4. The van der Waals surface area contributed by atoms with Crippen LogP contribution in [-0.2, 0) is 6.18 Å². The Morgan fingerprint density at radius 1 is 0.719 bits per heavy atom. The molecule has 8 heteroatoms. The average Bonchev–Trinajstić information content (AvgIpc) is 3.23. The van der Waals surface area contributed by atoms with Crippen molar-refractivity contribution in [1.82, 2.24) is 19.6 Å². The molecule has 0 saturated carbocycles. The van der Waals surface area contributed by atoms with Gasteiger partial charge in [0, 0.05) is 27.8 Å². The predicted molar refractivity (Wildman–Crippen MR) is 117 cm³/mol. The van der Waals surface area contributed by atoms with Crippen molar-refractivity contribution in [2.45, 2.75) is 6.18 Å². The van der Waals surface area contributed by atoms with Crippen LogP contribution in [0.5, 0.6) is 0 Å². The second-order valence-electron chi connectivity index (χ2n) is 7.12. The van der Waals surface area contributed by atoms with Gasteiger partial charge in [0.2, 0.25) is 0 Å². The fourth-order valence-electron chi connectivity index (χ4n) is 3.36. The molecule has 2 aromatic heterocycles. The maximum absolute atomic E-state index is 13.0. The number of benzene rings is 3. The fourth-order valence-corrected chi connectivity index (χ4v) is 3.49. The minimum atomic E-state index is -4.42. The van der Waals surface area contributed by atoms with Crippen LogP contribution in [0.4, 0.5) is 13.2 Å². The molecule has 0 spiro atoms. The average molecular weight is 451 g/mol. The van der Waals surface area contributed by atoms with Crippen molar-refractivity contribution < 1.29 is 13.2 Å². The van der Waals surface area contributed by atoms with E-state index >= 15 is 0 Å². The summed E-state index contributed by atoms with van der Waals surface area (Å²) < 4.78 is 40.6. The van der Waals surface area contributed by atoms with Crippen molar-refractivity contribution in [3.05, 3.63) is 95.5 Å². The van der Waals surface area contributed by atoms with E-state index in [1.807, 2.05) is 36.4 Å². The minimum Gasteiger partial charge on any atom is -0.209 e. The normalized spacial score (nSPS) is 11.8. The smallest absolute Gasteiger partial charge is 0.209 e. The molecular formula is C24H14ClF3N4. The summed E-state index contributed by atoms with van der Waals surface area (Å²) in [6.45, 7) is 0. The fraction of sp³-hybridized carbons (Fsp3) is 0.0417. The lowest BCUT2D eigenvalue weighted by Gasteiger charge is -2.10. The van der Waals surface area contributed by atoms with Crippen molar-refractivity contribution in [2.24, 2.45) is 0 Å². The largest absolute Gasteiger partial charge is 0.416 e. The van der Waals surface area contributed by atoms with Crippen molar-refractivity contribution in [1.29, 1.82) is 0 Å². The number of alkyl halides is 3. The third-order valence-corrected chi connectivity index (χ3v) is 5.22. The number of fused-ring (bicyclic) bond motifs is 1. The molecule has 0 saturated heterocycles. The summed E-state index contributed by atoms with van der Waals surface area (Å²) in [5.41, 5.74) is 2.59. The summed E-state index contributed by atoms with van der Waals surface area (Å²) in [5.74, 6) is 0.805. The Hall–Kier alpha value is -3.71. The van der Waals surface area contributed by atoms with Gasteiger partial charge in [0.25, 0.3) is 0 Å². The van der Waals surface area contributed by atoms with Crippen LogP contribution in [0.3, 0.4) is 0 Å². The topological polar surface area (TPSA) is 43.1 Å². The zero-order chi connectivity index (χ0) is 22.3. The quantitative estimate of drug-likeness (QED) is 0.303. The molecule has 3 aromatic carbocycles. The second-order valence-corrected chi connectivity index (χ2v) is 7.55. The van der Waals surface area contributed by atoms with Gasteiger partial charge >= 0.3 is 6.18 Å². The highest BCUT2D eigenvalue weighted by molar-refractivity contribution is 6.30. The van der Waals surface area contributed by atoms with Gasteiger partial charge in [-0.15, -0.1) is 0 Å². The standard InChI is InChI=1S/C24H14ClF3N4/c25-19-12-8-16(9-13-19)22-29-21-14-20(15-4-2-1-3-5-15)31-32(21)23(30-22)17-6-10-18(11-7-17)24(26,27)28/h1-14H. The molecule has 0 radical (unpaired) electrons. The summed E-state index contributed by atoms with van der Waals surface area (Å²) in [4.78, 5) is 9.27. The van der Waals surface area contributed by atoms with Crippen LogP contribution >= 0.6 is 11.6 Å². The Balaban J connectivity index is 1.71. The number of hydrogen-bond donors (Lipinski definition) is 0. The van der Waals surface area contributed by atoms with Gasteiger partial charge in [-0.05, 0) is 36.4 Å². The van der Waals surface area contributed by atoms with Crippen LogP contribution in [0.25, 0.3) is 39.7 Å². The van der Waals surface area contributed by atoms with Crippen LogP contribution < -0.4 is 0 Å². The van der Waals surface area contributed by atoms with Crippen LogP contribution in [0.2, 0.25) is 5.02 Å². The van der Waals surface area contributed by atoms with E-state index in [1.54, 1.807) is 28.8 Å². The van der Waals surface area contributed by atoms with E-state index in [2.05, 4.69) is 15.1 Å². The molecule has 0 aliphatic heterocycles. The van der Waals surface area contributed by atoms with Crippen LogP contribution in [0, 0.1) is 0 Å². The van der Waals surface area contributed by atoms with Crippen LogP contribution in [0.1, 0.15) is 5.56 Å². The lowest BCUT2D eigenvalue weighted by molar-refractivity contribution is -0.137. The Kier molecular flexibility index (Phi) is 4.90. The van der Waals surface area contributed by atoms with E-state index in [0.717, 1.165) is 23.3 Å². The molecule has 158 valence electrons. The van der Waals surface area contributed by atoms with Gasteiger partial charge in [-0.25, -0.2) is 9.97 Å². The molecule has 0 N–H and O–H groups in total. The summed E-state index contributed by atoms with van der Waals surface area (Å²) in [6, 6.07) is 23.3. The van der Waals surface area contributed by atoms with E-state index < -0.39 is 11.7 Å². The highest BCUT2D eigenvalue weighted by Crippen LogP contribution is 2.32. The zero-order valence-corrected chi connectivity index (χ0v) is 17.1. The first kappa shape index (κ1) is 20.2. The number of aromatic nitrogens is 4. The molecule has 0 unspecified atom stereocenters. The number of hydrogen-bond acceptors (Lipinski definition) is 3. The summed E-state index contributed by atoms with van der Waals surface area (Å²) in [5, 5.41) is 5.21. The van der Waals surface area contributed by atoms with Crippen LogP contribution in [-0.4, -0.2) is 19.6 Å². The molecule has 2 heterocycles. The summed E-state index contributed by atoms with van der Waals surface area (Å²) >= 11 is 6.00. The lowest BCUT2D eigenvalue weighted by atomic mass is 10.1. The van der Waals surface area contributed by atoms with Gasteiger partial charge in [-0.3, -0.25) is 0 Å². The van der Waals surface area contributed by atoms with Crippen molar-refractivity contribution >= 4 is 17.2 Å². The first-order valence-corrected chi connectivity index (χ1v) is 10.0. The molecule has 0 fully saturated rings. The Morgan fingerprint density at radius 3 is 2.03 bits per heavy atom. The number of rotatable bonds is 3. The molecule has 4 nitrogen and oxygen atoms in total. The van der Waals surface area contributed by atoms with E-state index in [9.17, 15) is 13.2 Å². The summed E-state index contributed by atoms with van der Waals surface area (Å²) in [7, 11) is 0. The third kappa shape index (κ3) is 3.83. The van der Waals surface area contributed by atoms with Gasteiger partial charge in [0.05, 0.1) is 11.3 Å². The van der Waals surface area contributed by atoms with Gasteiger partial charge in [0.15, 0.2) is 17.3 Å². The molecule has 5 aromatic rings. The molecule has 0 bridgehead atoms. The molecule has 0 aliphatic carbocycles. The highest BCUT2D eigenvalue weighted by Gasteiger charge is 2.30. The zero-order valence-electron chi connectivity index (χ0n) is 16.4. The number of nitrogens with zero attached hydrogens (tertiary/aromatic N) is 4. The van der Waals surface area contributed by atoms with Gasteiger partial charge in [0.1, 0.15) is 0 Å². The highest BCUT2D eigenvalue weighted by atomic mass is 35.5. The maximum Gasteiger partial charge on any atom is 0.416 e. The minimum absolute atomic E-state index is 0.385. The van der Waals surface area contributed by atoms with E-state index in [0.29, 0.717) is 33.6 Å². The molecular weight excluding hydrogens is 437 g/mol. The SMILES string of the molecule is FC(F)(F)c1ccc(-c2nc(-c3ccc(Cl)cc3)nc3cc(-c4ccccc4)nn23)cc1. The first-order chi connectivity index (χ1) is 15.4. The van der Waals surface area contributed by atoms with Gasteiger partial charge in [-0.2, -0.15) is 22.8 Å². The maximum atomic E-state index is 13.0. The van der Waals surface area contributed by atoms with Crippen molar-refractivity contribution in [2.75, 3.05) is 0 Å². The molecule has 0 atom stereocenters. The first-order valence-electron chi connectivity index (χ1n) is 9.65. The lowest BCUT2D eigenvalue weighted by Crippen LogP contribution is -2.05. The summed E-state index contributed by atoms with van der Waals surface area (Å²) in [6.07, 6.45) is -4.42. The van der Waals surface area contributed by atoms with E-state index in [4.69, 9.17) is 11.6 Å². The van der Waals surface area contributed by atoms with Gasteiger partial charge < -0.3 is 0 Å². The Labute approximate surface area is 186 Å². The van der Waals surface area contributed by atoms with Crippen molar-refractivity contribution in [3.8, 4) is 34.0 Å². The molecule has 0 amide bonds. The van der Waals surface area contributed by atoms with Crippen molar-refractivity contribution in [3.63, 3.8) is 0 Å². The van der Waals surface area contributed by atoms with E-state index in [-0.39, 0.29) is 0 Å². The monoisotopic (exact) mass is 450 g/mol. The van der Waals surface area contributed by atoms with Gasteiger partial charge in [-0.1, -0.05) is 54.1 Å². The van der Waals surface area contributed by atoms with Crippen LogP contribution in [0.15, 0.2) is 84.9 Å². The second kappa shape index (κ2) is 7.76. The molecule has 5 rings (SSSR count).